The van der Waals surface area contributed by atoms with Crippen LogP contribution in [0.1, 0.15) is 0 Å². The van der Waals surface area contributed by atoms with Crippen LogP contribution in [0.5, 0.6) is 0 Å². The Kier molecular flexibility index (Phi) is 10.2. The molecule has 0 saturated carbocycles. The Morgan fingerprint density at radius 3 is 0.357 bits per heavy atom. The third-order valence-electron chi connectivity index (χ3n) is 18.5. The lowest BCUT2D eigenvalue weighted by atomic mass is 9.87. The molecule has 0 unspecified atom stereocenters. The second kappa shape index (κ2) is 18.3. The van der Waals surface area contributed by atoms with E-state index in [0.29, 0.717) is 0 Å². The number of hydrogen-bond donors (Lipinski definition) is 0. The Labute approximate surface area is 485 Å². The Bertz CT molecular complexity index is 5000. The van der Waals surface area contributed by atoms with Gasteiger partial charge < -0.3 is 0 Å². The fraction of sp³-hybridized carbons (Fsp3) is 0. The molecule has 0 heteroatoms. The van der Waals surface area contributed by atoms with Gasteiger partial charge in [0.05, 0.1) is 0 Å². The molecular weight excluding hydrogens is 1010 g/mol. The summed E-state index contributed by atoms with van der Waals surface area (Å²) in [6, 6.07) is 114. The Balaban J connectivity index is 0.911. The van der Waals surface area contributed by atoms with Crippen LogP contribution in [0, 0.1) is 0 Å². The van der Waals surface area contributed by atoms with Crippen LogP contribution in [-0.4, -0.2) is 0 Å². The summed E-state index contributed by atoms with van der Waals surface area (Å²) >= 11 is 0. The van der Waals surface area contributed by atoms with Crippen molar-refractivity contribution >= 4 is 129 Å². The van der Waals surface area contributed by atoms with Crippen molar-refractivity contribution in [2.24, 2.45) is 0 Å². The predicted molar refractivity (Wildman–Crippen MR) is 364 cm³/mol. The van der Waals surface area contributed by atoms with E-state index >= 15 is 0 Å². The predicted octanol–water partition coefficient (Wildman–Crippen LogP) is 23.9. The maximum absolute atomic E-state index is 2.45. The summed E-state index contributed by atoms with van der Waals surface area (Å²) in [6.45, 7) is 0. The molecule has 0 amide bonds. The molecule has 18 rings (SSSR count). The fourth-order valence-electron chi connectivity index (χ4n) is 14.6. The molecular formula is C84H50. The van der Waals surface area contributed by atoms with Crippen LogP contribution >= 0.6 is 0 Å². The summed E-state index contributed by atoms with van der Waals surface area (Å²) < 4.78 is 0. The van der Waals surface area contributed by atoms with Crippen molar-refractivity contribution in [3.63, 3.8) is 0 Å². The van der Waals surface area contributed by atoms with Gasteiger partial charge in [-0.1, -0.05) is 243 Å². The van der Waals surface area contributed by atoms with Crippen molar-refractivity contribution < 1.29 is 0 Å². The zero-order valence-electron chi connectivity index (χ0n) is 45.9. The van der Waals surface area contributed by atoms with Crippen molar-refractivity contribution in [3.8, 4) is 55.6 Å². The SMILES string of the molecule is c1ccc2c(c1)c1ccccc1c1cc(-c3cc(-c4cc(-c5ccc6c7ccccc7c7ccccc7c6c5)cc(-c5ccc6c7ccccc7c7ccccc7c6c5)c4)cc(-c4ccc5c6ccccc6c6ccccc6c5c4)c3)ccc21. The van der Waals surface area contributed by atoms with Crippen LogP contribution in [-0.2, 0) is 0 Å². The van der Waals surface area contributed by atoms with E-state index in [2.05, 4.69) is 303 Å². The van der Waals surface area contributed by atoms with Gasteiger partial charge in [-0.25, -0.2) is 0 Å². The lowest BCUT2D eigenvalue weighted by Gasteiger charge is -2.17. The molecule has 18 aromatic rings. The number of hydrogen-bond acceptors (Lipinski definition) is 0. The summed E-state index contributed by atoms with van der Waals surface area (Å²) in [6.07, 6.45) is 0. The first-order valence-corrected chi connectivity index (χ1v) is 29.3. The van der Waals surface area contributed by atoms with Gasteiger partial charge in [0.15, 0.2) is 0 Å². The second-order valence-electron chi connectivity index (χ2n) is 23.0. The minimum atomic E-state index is 1.16. The molecule has 0 heterocycles. The first-order valence-electron chi connectivity index (χ1n) is 29.3. The third kappa shape index (κ3) is 7.14. The molecule has 84 heavy (non-hydrogen) atoms. The molecule has 0 aliphatic heterocycles. The molecule has 0 radical (unpaired) electrons. The fourth-order valence-corrected chi connectivity index (χ4v) is 14.6. The minimum absolute atomic E-state index is 1.16. The molecule has 386 valence electrons. The quantitative estimate of drug-likeness (QED) is 0.151. The smallest absolute Gasteiger partial charge is 0.00928 e. The Morgan fingerprint density at radius 2 is 0.202 bits per heavy atom. The lowest BCUT2D eigenvalue weighted by Crippen LogP contribution is -1.91. The van der Waals surface area contributed by atoms with Gasteiger partial charge in [-0.3, -0.25) is 0 Å². The van der Waals surface area contributed by atoms with Crippen LogP contribution < -0.4 is 0 Å². The van der Waals surface area contributed by atoms with E-state index in [-0.39, 0.29) is 0 Å². The molecule has 0 nitrogen and oxygen atoms in total. The van der Waals surface area contributed by atoms with Gasteiger partial charge in [0, 0.05) is 0 Å². The van der Waals surface area contributed by atoms with E-state index in [1.165, 1.54) is 174 Å². The van der Waals surface area contributed by atoms with E-state index < -0.39 is 0 Å². The number of rotatable bonds is 5. The summed E-state index contributed by atoms with van der Waals surface area (Å²) in [5.41, 5.74) is 11.7. The second-order valence-corrected chi connectivity index (χ2v) is 23.0. The zero-order chi connectivity index (χ0) is 55.0. The highest BCUT2D eigenvalue weighted by molar-refractivity contribution is 6.29. The first kappa shape index (κ1) is 46.8. The van der Waals surface area contributed by atoms with Crippen molar-refractivity contribution in [3.05, 3.63) is 303 Å². The largest absolute Gasteiger partial charge is 0.0616 e. The summed E-state index contributed by atoms with van der Waals surface area (Å²) in [7, 11) is 0. The summed E-state index contributed by atoms with van der Waals surface area (Å²) in [5.74, 6) is 0. The average molecular weight is 1060 g/mol. The van der Waals surface area contributed by atoms with Gasteiger partial charge in [-0.15, -0.1) is 0 Å². The molecule has 0 fully saturated rings. The maximum atomic E-state index is 2.45. The minimum Gasteiger partial charge on any atom is -0.0616 e. The van der Waals surface area contributed by atoms with Crippen molar-refractivity contribution in [2.75, 3.05) is 0 Å². The molecule has 0 aliphatic rings. The van der Waals surface area contributed by atoms with E-state index in [1.807, 2.05) is 0 Å². The molecule has 0 N–H and O–H groups in total. The van der Waals surface area contributed by atoms with E-state index in [1.54, 1.807) is 0 Å². The highest BCUT2D eigenvalue weighted by Crippen LogP contribution is 2.45. The highest BCUT2D eigenvalue weighted by Gasteiger charge is 2.18. The average Bonchev–Trinajstić information content (AvgIpc) is 3.64. The van der Waals surface area contributed by atoms with Gasteiger partial charge in [0.25, 0.3) is 0 Å². The maximum Gasteiger partial charge on any atom is -0.00928 e. The van der Waals surface area contributed by atoms with Crippen LogP contribution in [0.25, 0.3) is 185 Å². The van der Waals surface area contributed by atoms with Crippen LogP contribution in [0.3, 0.4) is 0 Å². The van der Waals surface area contributed by atoms with Gasteiger partial charge in [0.1, 0.15) is 0 Å². The molecule has 0 aromatic heterocycles. The normalized spacial score (nSPS) is 12.0. The van der Waals surface area contributed by atoms with Crippen molar-refractivity contribution in [1.82, 2.24) is 0 Å². The van der Waals surface area contributed by atoms with Crippen LogP contribution in [0.15, 0.2) is 303 Å². The van der Waals surface area contributed by atoms with Crippen LogP contribution in [0.2, 0.25) is 0 Å². The lowest BCUT2D eigenvalue weighted by molar-refractivity contribution is 1.57. The topological polar surface area (TPSA) is 0 Å². The number of benzene rings is 18. The molecule has 0 aliphatic carbocycles. The highest BCUT2D eigenvalue weighted by atomic mass is 14.2. The van der Waals surface area contributed by atoms with E-state index in [0.717, 1.165) is 11.1 Å². The molecule has 0 saturated heterocycles. The Hall–Kier alpha value is -10.9. The Morgan fingerprint density at radius 1 is 0.0833 bits per heavy atom. The molecule has 0 atom stereocenters. The van der Waals surface area contributed by atoms with Crippen LogP contribution in [0.4, 0.5) is 0 Å². The summed E-state index contributed by atoms with van der Waals surface area (Å²) in [4.78, 5) is 0. The van der Waals surface area contributed by atoms with Gasteiger partial charge in [0.2, 0.25) is 0 Å². The monoisotopic (exact) mass is 1060 g/mol. The molecule has 0 bridgehead atoms. The summed E-state index contributed by atoms with van der Waals surface area (Å²) in [5, 5.41) is 30.5. The number of fused-ring (bicyclic) bond motifs is 24. The molecule has 0 spiro atoms. The van der Waals surface area contributed by atoms with Gasteiger partial charge in [-0.2, -0.15) is 0 Å². The van der Waals surface area contributed by atoms with E-state index in [4.69, 9.17) is 0 Å². The van der Waals surface area contributed by atoms with E-state index in [9.17, 15) is 0 Å². The van der Waals surface area contributed by atoms with Crippen molar-refractivity contribution in [2.45, 2.75) is 0 Å². The zero-order valence-corrected chi connectivity index (χ0v) is 45.9. The van der Waals surface area contributed by atoms with Gasteiger partial charge in [-0.05, 0) is 246 Å². The third-order valence-corrected chi connectivity index (χ3v) is 18.5. The standard InChI is InChI=1S/C84H50/c1-5-25-69-61(17-1)65-21-9-13-29-73(65)81-47-51(33-37-77(69)81)55-41-56(52-34-38-78-70-26-6-2-18-62(70)66-22-10-14-30-74(66)82(78)48-52)44-59(43-55)60-45-57(53-35-39-79-71-27-7-3-19-63(71)67-23-11-15-31-75(67)83(79)49-53)42-58(46-60)54-36-40-80-72-28-8-4-20-64(72)68-24-12-16-32-76(68)84(80)50-54/h1-50H. The molecule has 18 aromatic carbocycles. The van der Waals surface area contributed by atoms with Crippen molar-refractivity contribution in [1.29, 1.82) is 0 Å². The van der Waals surface area contributed by atoms with Gasteiger partial charge >= 0.3 is 0 Å². The first-order chi connectivity index (χ1) is 41.6.